The molecule has 2 rings (SSSR count). The lowest BCUT2D eigenvalue weighted by atomic mass is 10.0. The molecule has 12 heavy (non-hydrogen) atoms. The van der Waals surface area contributed by atoms with Crippen LogP contribution in [0.3, 0.4) is 0 Å². The minimum atomic E-state index is 0.219. The minimum Gasteiger partial charge on any atom is -0.466 e. The van der Waals surface area contributed by atoms with Crippen molar-refractivity contribution in [3.63, 3.8) is 0 Å². The maximum Gasteiger partial charge on any atom is 0.111 e. The van der Waals surface area contributed by atoms with Gasteiger partial charge in [-0.25, -0.2) is 0 Å². The largest absolute Gasteiger partial charge is 0.466 e. The molecular weight excluding hydrogens is 150 g/mol. The molecule has 2 heteroatoms. The third-order valence-corrected chi connectivity index (χ3v) is 2.66. The smallest absolute Gasteiger partial charge is 0.111 e. The van der Waals surface area contributed by atoms with Gasteiger partial charge in [0.2, 0.25) is 0 Å². The molecule has 0 bridgehead atoms. The zero-order valence-corrected chi connectivity index (χ0v) is 7.63. The first-order valence-electron chi connectivity index (χ1n) is 4.53. The zero-order chi connectivity index (χ0) is 8.72. The summed E-state index contributed by atoms with van der Waals surface area (Å²) in [5, 5.41) is 0. The highest BCUT2D eigenvalue weighted by atomic mass is 16.3. The van der Waals surface area contributed by atoms with E-state index in [4.69, 9.17) is 10.2 Å². The number of aryl methyl sites for hydroxylation is 2. The fourth-order valence-corrected chi connectivity index (χ4v) is 2.04. The summed E-state index contributed by atoms with van der Waals surface area (Å²) in [6.45, 7) is 4.05. The highest BCUT2D eigenvalue weighted by Crippen LogP contribution is 2.36. The van der Waals surface area contributed by atoms with E-state index in [1.165, 1.54) is 5.56 Å². The summed E-state index contributed by atoms with van der Waals surface area (Å²) in [5.41, 5.74) is 7.23. The normalized spacial score (nSPS) is 24.1. The zero-order valence-electron chi connectivity index (χ0n) is 7.63. The Morgan fingerprint density at radius 2 is 2.42 bits per heavy atom. The van der Waals surface area contributed by atoms with E-state index in [9.17, 15) is 0 Å². The molecule has 0 saturated carbocycles. The van der Waals surface area contributed by atoms with Crippen molar-refractivity contribution in [2.24, 2.45) is 5.73 Å². The van der Waals surface area contributed by atoms with E-state index >= 15 is 0 Å². The second-order valence-corrected chi connectivity index (χ2v) is 3.75. The monoisotopic (exact) mass is 165 g/mol. The average molecular weight is 165 g/mol. The van der Waals surface area contributed by atoms with E-state index < -0.39 is 0 Å². The number of furan rings is 1. The van der Waals surface area contributed by atoms with Gasteiger partial charge < -0.3 is 10.2 Å². The van der Waals surface area contributed by atoms with Crippen LogP contribution in [-0.4, -0.2) is 6.04 Å². The van der Waals surface area contributed by atoms with Gasteiger partial charge in [0.25, 0.3) is 0 Å². The Labute approximate surface area is 72.7 Å². The van der Waals surface area contributed by atoms with E-state index in [1.807, 2.05) is 6.92 Å². The molecule has 0 amide bonds. The molecule has 1 aliphatic rings. The second-order valence-electron chi connectivity index (χ2n) is 3.75. The van der Waals surface area contributed by atoms with Crippen molar-refractivity contribution in [3.8, 4) is 0 Å². The predicted octanol–water partition coefficient (Wildman–Crippen LogP) is 1.97. The summed E-state index contributed by atoms with van der Waals surface area (Å²) in [5.74, 6) is 2.61. The van der Waals surface area contributed by atoms with Gasteiger partial charge in [-0.15, -0.1) is 0 Å². The van der Waals surface area contributed by atoms with Crippen molar-refractivity contribution in [2.75, 3.05) is 0 Å². The number of fused-ring (bicyclic) bond motifs is 1. The van der Waals surface area contributed by atoms with Crippen molar-refractivity contribution in [2.45, 2.75) is 38.6 Å². The Bertz CT molecular complexity index is 288. The van der Waals surface area contributed by atoms with Crippen LogP contribution in [0.25, 0.3) is 0 Å². The van der Waals surface area contributed by atoms with Crippen LogP contribution in [0.4, 0.5) is 0 Å². The van der Waals surface area contributed by atoms with Crippen molar-refractivity contribution >= 4 is 0 Å². The van der Waals surface area contributed by atoms with E-state index in [0.717, 1.165) is 24.4 Å². The molecule has 2 nitrogen and oxygen atoms in total. The third-order valence-electron chi connectivity index (χ3n) is 2.66. The molecule has 1 aliphatic carbocycles. The molecule has 66 valence electrons. The molecule has 2 N–H and O–H groups in total. The fourth-order valence-electron chi connectivity index (χ4n) is 2.04. The molecule has 0 saturated heterocycles. The van der Waals surface area contributed by atoms with Gasteiger partial charge in [0.15, 0.2) is 0 Å². The maximum atomic E-state index is 5.86. The molecule has 1 aromatic rings. The molecule has 0 aromatic carbocycles. The second kappa shape index (κ2) is 2.63. The van der Waals surface area contributed by atoms with Gasteiger partial charge in [-0.05, 0) is 38.3 Å². The Hall–Kier alpha value is -0.760. The number of nitrogens with two attached hydrogens (primary N) is 1. The predicted molar refractivity (Wildman–Crippen MR) is 48.2 cm³/mol. The molecule has 0 aliphatic heterocycles. The minimum absolute atomic E-state index is 0.219. The summed E-state index contributed by atoms with van der Waals surface area (Å²) in [7, 11) is 0. The molecule has 0 spiro atoms. The first kappa shape index (κ1) is 7.87. The Balaban J connectivity index is 2.34. The molecule has 2 atom stereocenters. The van der Waals surface area contributed by atoms with Crippen LogP contribution in [0.2, 0.25) is 0 Å². The topological polar surface area (TPSA) is 39.2 Å². The van der Waals surface area contributed by atoms with Gasteiger partial charge in [-0.1, -0.05) is 0 Å². The summed E-state index contributed by atoms with van der Waals surface area (Å²) < 4.78 is 5.62. The highest BCUT2D eigenvalue weighted by molar-refractivity contribution is 5.30. The molecular formula is C10H15NO. The van der Waals surface area contributed by atoms with Crippen molar-refractivity contribution in [3.05, 3.63) is 23.2 Å². The average Bonchev–Trinajstić information content (AvgIpc) is 2.43. The van der Waals surface area contributed by atoms with Crippen molar-refractivity contribution < 1.29 is 4.42 Å². The van der Waals surface area contributed by atoms with Crippen LogP contribution >= 0.6 is 0 Å². The van der Waals surface area contributed by atoms with Crippen LogP contribution in [0.5, 0.6) is 0 Å². The van der Waals surface area contributed by atoms with E-state index in [0.29, 0.717) is 5.92 Å². The lowest BCUT2D eigenvalue weighted by molar-refractivity contribution is 0.420. The lowest BCUT2D eigenvalue weighted by Gasteiger charge is -2.12. The SMILES string of the molecule is Cc1cc2c(o1)C(C(C)N)CC2. The first-order chi connectivity index (χ1) is 5.68. The molecule has 0 fully saturated rings. The van der Waals surface area contributed by atoms with Gasteiger partial charge in [-0.2, -0.15) is 0 Å². The van der Waals surface area contributed by atoms with Gasteiger partial charge >= 0.3 is 0 Å². The number of rotatable bonds is 1. The van der Waals surface area contributed by atoms with E-state index in [2.05, 4.69) is 13.0 Å². The third kappa shape index (κ3) is 1.07. The van der Waals surface area contributed by atoms with Crippen LogP contribution in [-0.2, 0) is 6.42 Å². The summed E-state index contributed by atoms with van der Waals surface area (Å²) in [6, 6.07) is 2.36. The molecule has 2 unspecified atom stereocenters. The van der Waals surface area contributed by atoms with Crippen LogP contribution in [0, 0.1) is 6.92 Å². The Kier molecular flexibility index (Phi) is 1.72. The van der Waals surface area contributed by atoms with Gasteiger partial charge in [0, 0.05) is 12.0 Å². The number of hydrogen-bond donors (Lipinski definition) is 1. The summed E-state index contributed by atoms with van der Waals surface area (Å²) in [6.07, 6.45) is 2.30. The van der Waals surface area contributed by atoms with Crippen LogP contribution in [0.1, 0.15) is 36.3 Å². The standard InChI is InChI=1S/C10H15NO/c1-6-5-8-3-4-9(7(2)11)10(8)12-6/h5,7,9H,3-4,11H2,1-2H3. The maximum absolute atomic E-state index is 5.86. The summed E-state index contributed by atoms with van der Waals surface area (Å²) in [4.78, 5) is 0. The first-order valence-corrected chi connectivity index (χ1v) is 4.53. The fraction of sp³-hybridized carbons (Fsp3) is 0.600. The Morgan fingerprint density at radius 3 is 3.08 bits per heavy atom. The quantitative estimate of drug-likeness (QED) is 0.691. The van der Waals surface area contributed by atoms with Crippen molar-refractivity contribution in [1.29, 1.82) is 0 Å². The lowest BCUT2D eigenvalue weighted by Crippen LogP contribution is -2.22. The van der Waals surface area contributed by atoms with E-state index in [1.54, 1.807) is 0 Å². The highest BCUT2D eigenvalue weighted by Gasteiger charge is 2.29. The van der Waals surface area contributed by atoms with Crippen LogP contribution in [0.15, 0.2) is 10.5 Å². The van der Waals surface area contributed by atoms with Crippen molar-refractivity contribution in [1.82, 2.24) is 0 Å². The van der Waals surface area contributed by atoms with Crippen LogP contribution < -0.4 is 5.73 Å². The molecule has 0 radical (unpaired) electrons. The molecule has 1 heterocycles. The van der Waals surface area contributed by atoms with E-state index in [-0.39, 0.29) is 6.04 Å². The molecule has 1 aromatic heterocycles. The van der Waals surface area contributed by atoms with Gasteiger partial charge in [-0.3, -0.25) is 0 Å². The number of hydrogen-bond acceptors (Lipinski definition) is 2. The summed E-state index contributed by atoms with van der Waals surface area (Å²) >= 11 is 0. The Morgan fingerprint density at radius 1 is 1.67 bits per heavy atom. The van der Waals surface area contributed by atoms with Gasteiger partial charge in [0.05, 0.1) is 0 Å². The van der Waals surface area contributed by atoms with Gasteiger partial charge in [0.1, 0.15) is 11.5 Å².